The molecule has 0 fully saturated rings. The van der Waals surface area contributed by atoms with Crippen molar-refractivity contribution in [2.45, 2.75) is 6.54 Å². The first-order valence-corrected chi connectivity index (χ1v) is 7.07. The summed E-state index contributed by atoms with van der Waals surface area (Å²) in [4.78, 5) is 28.1. The molecule has 0 aliphatic carbocycles. The van der Waals surface area contributed by atoms with Crippen LogP contribution in [0.2, 0.25) is 0 Å². The second kappa shape index (κ2) is 6.44. The van der Waals surface area contributed by atoms with E-state index in [1.807, 2.05) is 31.3 Å². The van der Waals surface area contributed by atoms with Crippen LogP contribution < -0.4 is 15.5 Å². The Morgan fingerprint density at radius 1 is 1.35 bits per heavy atom. The molecule has 3 N–H and O–H groups in total. The SMILES string of the molecule is CNC(=O)NC(=O)C[NH+](C)Cc1nc2ccccc2s1. The molecule has 1 aromatic carbocycles. The van der Waals surface area contributed by atoms with Crippen LogP contribution in [0.4, 0.5) is 4.79 Å². The zero-order chi connectivity index (χ0) is 14.5. The van der Waals surface area contributed by atoms with Gasteiger partial charge in [0.25, 0.3) is 5.91 Å². The minimum Gasteiger partial charge on any atom is -0.341 e. The molecule has 1 unspecified atom stereocenters. The largest absolute Gasteiger partial charge is 0.341 e. The summed E-state index contributed by atoms with van der Waals surface area (Å²) in [7, 11) is 3.37. The van der Waals surface area contributed by atoms with Gasteiger partial charge in [-0.1, -0.05) is 12.1 Å². The molecule has 0 aliphatic heterocycles. The fraction of sp³-hybridized carbons (Fsp3) is 0.308. The Morgan fingerprint density at radius 3 is 2.80 bits per heavy atom. The maximum atomic E-state index is 11.6. The highest BCUT2D eigenvalue weighted by Crippen LogP contribution is 2.20. The average Bonchev–Trinajstić information content (AvgIpc) is 2.79. The normalized spacial score (nSPS) is 12.1. The third-order valence-electron chi connectivity index (χ3n) is 2.73. The first kappa shape index (κ1) is 14.4. The number of carbonyl (C=O) groups is 2. The molecule has 1 heterocycles. The molecule has 0 saturated carbocycles. The quantitative estimate of drug-likeness (QED) is 0.729. The van der Waals surface area contributed by atoms with E-state index in [9.17, 15) is 9.59 Å². The number of hydrogen-bond acceptors (Lipinski definition) is 4. The molecular formula is C13H17N4O2S+. The maximum Gasteiger partial charge on any atom is 0.321 e. The van der Waals surface area contributed by atoms with Gasteiger partial charge in [0.2, 0.25) is 0 Å². The molecule has 7 heteroatoms. The summed E-state index contributed by atoms with van der Waals surface area (Å²) in [5, 5.41) is 5.57. The predicted molar refractivity (Wildman–Crippen MR) is 77.7 cm³/mol. The Labute approximate surface area is 120 Å². The summed E-state index contributed by atoms with van der Waals surface area (Å²) in [5.41, 5.74) is 0.982. The van der Waals surface area contributed by atoms with Crippen molar-refractivity contribution in [2.75, 3.05) is 20.6 Å². The van der Waals surface area contributed by atoms with E-state index in [4.69, 9.17) is 0 Å². The second-order valence-electron chi connectivity index (χ2n) is 4.51. The number of carbonyl (C=O) groups excluding carboxylic acids is 2. The molecule has 1 aromatic heterocycles. The number of aromatic nitrogens is 1. The highest BCUT2D eigenvalue weighted by Gasteiger charge is 2.14. The smallest absolute Gasteiger partial charge is 0.321 e. The van der Waals surface area contributed by atoms with Gasteiger partial charge in [-0.05, 0) is 12.1 Å². The highest BCUT2D eigenvalue weighted by molar-refractivity contribution is 7.18. The Bertz CT molecular complexity index is 593. The van der Waals surface area contributed by atoms with Crippen LogP contribution in [0.15, 0.2) is 24.3 Å². The lowest BCUT2D eigenvalue weighted by Crippen LogP contribution is -3.09. The molecule has 1 atom stereocenters. The van der Waals surface area contributed by atoms with Crippen molar-refractivity contribution >= 4 is 33.5 Å². The lowest BCUT2D eigenvalue weighted by Gasteiger charge is -2.11. The fourth-order valence-electron chi connectivity index (χ4n) is 1.82. The number of amides is 3. The third kappa shape index (κ3) is 3.75. The molecule has 106 valence electrons. The molecule has 3 amide bonds. The van der Waals surface area contributed by atoms with Gasteiger partial charge in [-0.3, -0.25) is 10.1 Å². The van der Waals surface area contributed by atoms with E-state index in [0.717, 1.165) is 20.1 Å². The standard InChI is InChI=1S/C13H16N4O2S/c1-14-13(19)16-11(18)7-17(2)8-12-15-9-5-3-4-6-10(9)20-12/h3-6H,7-8H2,1-2H3,(H2,14,16,18,19)/p+1. The van der Waals surface area contributed by atoms with Crippen molar-refractivity contribution in [1.29, 1.82) is 0 Å². The Hall–Kier alpha value is -1.99. The van der Waals surface area contributed by atoms with E-state index < -0.39 is 6.03 Å². The number of nitrogens with zero attached hydrogens (tertiary/aromatic N) is 1. The molecule has 0 saturated heterocycles. The minimum atomic E-state index is -0.484. The van der Waals surface area contributed by atoms with Crippen LogP contribution in [0.1, 0.15) is 5.01 Å². The summed E-state index contributed by atoms with van der Waals surface area (Å²) < 4.78 is 1.14. The Kier molecular flexibility index (Phi) is 4.65. The zero-order valence-corrected chi connectivity index (χ0v) is 12.2. The van der Waals surface area contributed by atoms with E-state index in [-0.39, 0.29) is 12.5 Å². The molecular weight excluding hydrogens is 276 g/mol. The van der Waals surface area contributed by atoms with E-state index in [0.29, 0.717) is 6.54 Å². The average molecular weight is 293 g/mol. The summed E-state index contributed by atoms with van der Waals surface area (Å²) in [6, 6.07) is 7.46. The summed E-state index contributed by atoms with van der Waals surface area (Å²) in [6.07, 6.45) is 0. The van der Waals surface area contributed by atoms with Crippen molar-refractivity contribution in [3.63, 3.8) is 0 Å². The number of benzene rings is 1. The van der Waals surface area contributed by atoms with Gasteiger partial charge in [0.1, 0.15) is 11.6 Å². The third-order valence-corrected chi connectivity index (χ3v) is 3.77. The lowest BCUT2D eigenvalue weighted by molar-refractivity contribution is -0.885. The Morgan fingerprint density at radius 2 is 2.10 bits per heavy atom. The number of quaternary nitrogens is 1. The highest BCUT2D eigenvalue weighted by atomic mass is 32.1. The zero-order valence-electron chi connectivity index (χ0n) is 11.4. The van der Waals surface area contributed by atoms with Crippen LogP contribution in [-0.4, -0.2) is 37.6 Å². The van der Waals surface area contributed by atoms with Gasteiger partial charge in [0.05, 0.1) is 17.3 Å². The molecule has 0 aliphatic rings. The Balaban J connectivity index is 1.92. The molecule has 0 bridgehead atoms. The number of hydrogen-bond donors (Lipinski definition) is 3. The van der Waals surface area contributed by atoms with Crippen LogP contribution in [-0.2, 0) is 11.3 Å². The number of imide groups is 1. The monoisotopic (exact) mass is 293 g/mol. The van der Waals surface area contributed by atoms with Gasteiger partial charge < -0.3 is 10.2 Å². The summed E-state index contributed by atoms with van der Waals surface area (Å²) in [6.45, 7) is 0.879. The summed E-state index contributed by atoms with van der Waals surface area (Å²) in [5.74, 6) is -0.303. The topological polar surface area (TPSA) is 75.5 Å². The number of para-hydroxylation sites is 1. The van der Waals surface area contributed by atoms with E-state index in [1.165, 1.54) is 7.05 Å². The molecule has 20 heavy (non-hydrogen) atoms. The van der Waals surface area contributed by atoms with Crippen LogP contribution >= 0.6 is 11.3 Å². The van der Waals surface area contributed by atoms with Gasteiger partial charge in [0.15, 0.2) is 6.54 Å². The van der Waals surface area contributed by atoms with Crippen molar-refractivity contribution in [3.05, 3.63) is 29.3 Å². The van der Waals surface area contributed by atoms with E-state index in [2.05, 4.69) is 15.6 Å². The summed E-state index contributed by atoms with van der Waals surface area (Å²) >= 11 is 1.63. The van der Waals surface area contributed by atoms with Crippen LogP contribution in [0.3, 0.4) is 0 Å². The van der Waals surface area contributed by atoms with Crippen LogP contribution in [0.25, 0.3) is 10.2 Å². The van der Waals surface area contributed by atoms with E-state index >= 15 is 0 Å². The maximum absolute atomic E-state index is 11.6. The molecule has 2 rings (SSSR count). The van der Waals surface area contributed by atoms with Crippen LogP contribution in [0, 0.1) is 0 Å². The molecule has 6 nitrogen and oxygen atoms in total. The fourth-order valence-corrected chi connectivity index (χ4v) is 2.90. The molecule has 0 radical (unpaired) electrons. The van der Waals surface area contributed by atoms with Crippen LogP contribution in [0.5, 0.6) is 0 Å². The number of rotatable bonds is 4. The minimum absolute atomic E-state index is 0.226. The second-order valence-corrected chi connectivity index (χ2v) is 5.63. The first-order chi connectivity index (χ1) is 9.58. The molecule has 0 spiro atoms. The number of fused-ring (bicyclic) bond motifs is 1. The lowest BCUT2D eigenvalue weighted by atomic mass is 10.3. The van der Waals surface area contributed by atoms with Crippen molar-refractivity contribution in [3.8, 4) is 0 Å². The van der Waals surface area contributed by atoms with Crippen molar-refractivity contribution in [2.24, 2.45) is 0 Å². The van der Waals surface area contributed by atoms with E-state index in [1.54, 1.807) is 11.3 Å². The van der Waals surface area contributed by atoms with Crippen molar-refractivity contribution < 1.29 is 14.5 Å². The number of likely N-dealkylation sites (N-methyl/N-ethyl adjacent to an activating group) is 1. The number of urea groups is 1. The number of thiazole rings is 1. The predicted octanol–water partition coefficient (Wildman–Crippen LogP) is -0.233. The van der Waals surface area contributed by atoms with Crippen molar-refractivity contribution in [1.82, 2.24) is 15.6 Å². The first-order valence-electron chi connectivity index (χ1n) is 6.26. The molecule has 2 aromatic rings. The van der Waals surface area contributed by atoms with Gasteiger partial charge in [-0.25, -0.2) is 9.78 Å². The number of nitrogens with one attached hydrogen (secondary N) is 3. The van der Waals surface area contributed by atoms with Gasteiger partial charge in [-0.15, -0.1) is 11.3 Å². The van der Waals surface area contributed by atoms with Gasteiger partial charge >= 0.3 is 6.03 Å². The van der Waals surface area contributed by atoms with Gasteiger partial charge in [0, 0.05) is 7.05 Å². The van der Waals surface area contributed by atoms with Gasteiger partial charge in [-0.2, -0.15) is 0 Å².